The molecule has 0 fully saturated rings. The summed E-state index contributed by atoms with van der Waals surface area (Å²) >= 11 is 0. The zero-order valence-corrected chi connectivity index (χ0v) is 10.9. The van der Waals surface area contributed by atoms with E-state index in [2.05, 4.69) is 10.1 Å². The van der Waals surface area contributed by atoms with Gasteiger partial charge in [0.05, 0.1) is 6.61 Å². The second-order valence-corrected chi connectivity index (χ2v) is 4.12. The van der Waals surface area contributed by atoms with Crippen LogP contribution >= 0.6 is 0 Å². The molecule has 0 saturated carbocycles. The number of hydrogen-bond donors (Lipinski definition) is 2. The maximum atomic E-state index is 11.9. The van der Waals surface area contributed by atoms with Crippen molar-refractivity contribution < 1.29 is 22.7 Å². The van der Waals surface area contributed by atoms with Gasteiger partial charge in [-0.05, 0) is 24.6 Å². The summed E-state index contributed by atoms with van der Waals surface area (Å²) in [7, 11) is 0. The zero-order valence-electron chi connectivity index (χ0n) is 10.9. The van der Waals surface area contributed by atoms with E-state index in [1.54, 1.807) is 24.3 Å². The van der Waals surface area contributed by atoms with E-state index < -0.39 is 12.8 Å². The number of hydrogen-bond acceptors (Lipinski definition) is 3. The van der Waals surface area contributed by atoms with Gasteiger partial charge in [-0.1, -0.05) is 18.2 Å². The van der Waals surface area contributed by atoms with Crippen LogP contribution in [0.15, 0.2) is 24.3 Å². The van der Waals surface area contributed by atoms with Crippen molar-refractivity contribution in [1.29, 1.82) is 0 Å². The predicted octanol–water partition coefficient (Wildman–Crippen LogP) is 1.50. The third kappa shape index (κ3) is 6.03. The van der Waals surface area contributed by atoms with Gasteiger partial charge in [0.25, 0.3) is 5.91 Å². The molecule has 1 aromatic rings. The first kappa shape index (κ1) is 16.5. The molecule has 0 aliphatic carbocycles. The fraction of sp³-hybridized carbons (Fsp3) is 0.462. The van der Waals surface area contributed by atoms with Crippen molar-refractivity contribution in [2.75, 3.05) is 26.3 Å². The lowest BCUT2D eigenvalue weighted by Gasteiger charge is -2.10. The molecule has 0 aliphatic rings. The second-order valence-electron chi connectivity index (χ2n) is 4.12. The van der Waals surface area contributed by atoms with E-state index in [0.717, 1.165) is 5.56 Å². The van der Waals surface area contributed by atoms with E-state index in [-0.39, 0.29) is 19.1 Å². The maximum Gasteiger partial charge on any atom is 0.411 e. The third-order valence-electron chi connectivity index (χ3n) is 2.47. The molecule has 1 amide bonds. The Labute approximate surface area is 115 Å². The fourth-order valence-corrected chi connectivity index (χ4v) is 1.64. The van der Waals surface area contributed by atoms with Crippen LogP contribution < -0.4 is 11.1 Å². The summed E-state index contributed by atoms with van der Waals surface area (Å²) in [5, 5.41) is 2.51. The Kier molecular flexibility index (Phi) is 6.47. The summed E-state index contributed by atoms with van der Waals surface area (Å²) in [6.45, 7) is -1.07. The van der Waals surface area contributed by atoms with Gasteiger partial charge in [0.15, 0.2) is 0 Å². The summed E-state index contributed by atoms with van der Waals surface area (Å²) in [5.74, 6) is -0.343. The van der Waals surface area contributed by atoms with Crippen LogP contribution in [0.4, 0.5) is 13.2 Å². The summed E-state index contributed by atoms with van der Waals surface area (Å²) in [4.78, 5) is 11.9. The molecule has 7 heteroatoms. The summed E-state index contributed by atoms with van der Waals surface area (Å²) in [5.41, 5.74) is 6.74. The van der Waals surface area contributed by atoms with Crippen LogP contribution in [0.5, 0.6) is 0 Å². The Morgan fingerprint density at radius 3 is 2.65 bits per heavy atom. The van der Waals surface area contributed by atoms with E-state index in [1.165, 1.54) is 0 Å². The lowest BCUT2D eigenvalue weighted by molar-refractivity contribution is -0.173. The maximum absolute atomic E-state index is 11.9. The average Bonchev–Trinajstić information content (AvgIpc) is 2.38. The zero-order chi connectivity index (χ0) is 15.0. The Morgan fingerprint density at radius 1 is 1.30 bits per heavy atom. The van der Waals surface area contributed by atoms with Crippen molar-refractivity contribution in [3.63, 3.8) is 0 Å². The number of nitrogens with one attached hydrogen (secondary N) is 1. The SMILES string of the molecule is NCCc1ccccc1C(=O)NCCOCC(F)(F)F. The molecule has 0 aromatic heterocycles. The molecule has 0 unspecified atom stereocenters. The Morgan fingerprint density at radius 2 is 2.00 bits per heavy atom. The number of alkyl halides is 3. The summed E-state index contributed by atoms with van der Waals surface area (Å²) < 4.78 is 39.9. The topological polar surface area (TPSA) is 64.4 Å². The average molecular weight is 290 g/mol. The highest BCUT2D eigenvalue weighted by atomic mass is 19.4. The molecule has 0 radical (unpaired) electrons. The highest BCUT2D eigenvalue weighted by Crippen LogP contribution is 2.14. The highest BCUT2D eigenvalue weighted by molar-refractivity contribution is 5.95. The molecule has 0 atom stereocenters. The fourth-order valence-electron chi connectivity index (χ4n) is 1.64. The van der Waals surface area contributed by atoms with Gasteiger partial charge in [0, 0.05) is 12.1 Å². The van der Waals surface area contributed by atoms with Crippen LogP contribution in [0.3, 0.4) is 0 Å². The van der Waals surface area contributed by atoms with Crippen LogP contribution in [-0.4, -0.2) is 38.4 Å². The first-order valence-electron chi connectivity index (χ1n) is 6.14. The molecular weight excluding hydrogens is 273 g/mol. The quantitative estimate of drug-likeness (QED) is 0.748. The van der Waals surface area contributed by atoms with Crippen molar-refractivity contribution in [3.8, 4) is 0 Å². The molecule has 1 aromatic carbocycles. The molecular formula is C13H17F3N2O2. The number of carbonyl (C=O) groups excluding carboxylic acids is 1. The largest absolute Gasteiger partial charge is 0.411 e. The molecule has 0 spiro atoms. The Hall–Kier alpha value is -1.60. The smallest absolute Gasteiger partial charge is 0.370 e. The van der Waals surface area contributed by atoms with Crippen LogP contribution in [0.2, 0.25) is 0 Å². The van der Waals surface area contributed by atoms with Gasteiger partial charge in [-0.3, -0.25) is 4.79 Å². The normalized spacial score (nSPS) is 11.4. The second kappa shape index (κ2) is 7.86. The molecule has 0 aliphatic heterocycles. The van der Waals surface area contributed by atoms with E-state index in [4.69, 9.17) is 5.73 Å². The lowest BCUT2D eigenvalue weighted by atomic mass is 10.0. The summed E-state index contributed by atoms with van der Waals surface area (Å²) in [6, 6.07) is 6.96. The number of ether oxygens (including phenoxy) is 1. The van der Waals surface area contributed by atoms with Crippen molar-refractivity contribution in [2.24, 2.45) is 5.73 Å². The van der Waals surface area contributed by atoms with Gasteiger partial charge in [-0.15, -0.1) is 0 Å². The Balaban J connectivity index is 2.40. The first-order valence-corrected chi connectivity index (χ1v) is 6.14. The van der Waals surface area contributed by atoms with E-state index in [1.807, 2.05) is 0 Å². The number of rotatable bonds is 7. The van der Waals surface area contributed by atoms with Crippen molar-refractivity contribution >= 4 is 5.91 Å². The van der Waals surface area contributed by atoms with Crippen molar-refractivity contribution in [2.45, 2.75) is 12.6 Å². The third-order valence-corrected chi connectivity index (χ3v) is 2.47. The van der Waals surface area contributed by atoms with E-state index in [9.17, 15) is 18.0 Å². The van der Waals surface area contributed by atoms with Crippen LogP contribution in [0.1, 0.15) is 15.9 Å². The predicted molar refractivity (Wildman–Crippen MR) is 68.4 cm³/mol. The van der Waals surface area contributed by atoms with Gasteiger partial charge in [0.1, 0.15) is 6.61 Å². The molecule has 0 saturated heterocycles. The number of nitrogens with two attached hydrogens (primary N) is 1. The molecule has 4 nitrogen and oxygen atoms in total. The van der Waals surface area contributed by atoms with Crippen LogP contribution in [-0.2, 0) is 11.2 Å². The number of carbonyl (C=O) groups is 1. The highest BCUT2D eigenvalue weighted by Gasteiger charge is 2.27. The lowest BCUT2D eigenvalue weighted by Crippen LogP contribution is -2.29. The molecule has 1 rings (SSSR count). The number of amides is 1. The molecule has 3 N–H and O–H groups in total. The van der Waals surface area contributed by atoms with Crippen LogP contribution in [0, 0.1) is 0 Å². The van der Waals surface area contributed by atoms with Gasteiger partial charge in [0.2, 0.25) is 0 Å². The Bertz CT molecular complexity index is 436. The summed E-state index contributed by atoms with van der Waals surface area (Å²) in [6.07, 6.45) is -3.79. The minimum absolute atomic E-state index is 0.0197. The van der Waals surface area contributed by atoms with Crippen molar-refractivity contribution in [3.05, 3.63) is 35.4 Å². The van der Waals surface area contributed by atoms with Gasteiger partial charge in [-0.25, -0.2) is 0 Å². The monoisotopic (exact) mass is 290 g/mol. The van der Waals surface area contributed by atoms with Crippen molar-refractivity contribution in [1.82, 2.24) is 5.32 Å². The number of halogens is 3. The minimum Gasteiger partial charge on any atom is -0.370 e. The van der Waals surface area contributed by atoms with E-state index in [0.29, 0.717) is 18.5 Å². The molecule has 0 bridgehead atoms. The first-order chi connectivity index (χ1) is 9.44. The van der Waals surface area contributed by atoms with E-state index >= 15 is 0 Å². The van der Waals surface area contributed by atoms with Gasteiger partial charge >= 0.3 is 6.18 Å². The molecule has 112 valence electrons. The van der Waals surface area contributed by atoms with Gasteiger partial charge in [-0.2, -0.15) is 13.2 Å². The number of benzene rings is 1. The van der Waals surface area contributed by atoms with Gasteiger partial charge < -0.3 is 15.8 Å². The standard InChI is InChI=1S/C13H17F3N2O2/c14-13(15,16)9-20-8-7-18-12(19)11-4-2-1-3-10(11)5-6-17/h1-4H,5-9,17H2,(H,18,19). The molecule has 20 heavy (non-hydrogen) atoms. The minimum atomic E-state index is -4.35. The molecule has 0 heterocycles. The van der Waals surface area contributed by atoms with Crippen LogP contribution in [0.25, 0.3) is 0 Å².